The van der Waals surface area contributed by atoms with Crippen molar-refractivity contribution in [2.45, 2.75) is 36.5 Å². The highest BCUT2D eigenvalue weighted by Crippen LogP contribution is 2.24. The largest absolute Gasteiger partial charge is 0.252 e. The zero-order valence-electron chi connectivity index (χ0n) is 12.0. The molecule has 0 aliphatic heterocycles. The van der Waals surface area contributed by atoms with Crippen LogP contribution < -0.4 is 0 Å². The Kier molecular flexibility index (Phi) is 4.56. The number of pyridine rings is 1. The van der Waals surface area contributed by atoms with E-state index in [9.17, 15) is 9.47 Å². The molecule has 0 fully saturated rings. The van der Waals surface area contributed by atoms with Gasteiger partial charge in [0.2, 0.25) is 0 Å². The Morgan fingerprint density at radius 2 is 1.95 bits per heavy atom. The number of nitrogens with zero attached hydrogens (tertiary/aromatic N) is 2. The molecule has 0 N–H and O–H groups in total. The first-order valence-corrected chi connectivity index (χ1v) is 8.93. The number of hydrogen-bond donors (Lipinski definition) is 0. The second-order valence-electron chi connectivity index (χ2n) is 5.38. The summed E-state index contributed by atoms with van der Waals surface area (Å²) in [7, 11) is -1.33. The minimum absolute atomic E-state index is 0.345. The Morgan fingerprint density at radius 1 is 1.23 bits per heavy atom. The minimum atomic E-state index is -1.33. The lowest BCUT2D eigenvalue weighted by atomic mass is 9.95. The molecule has 22 heavy (non-hydrogen) atoms. The minimum Gasteiger partial charge on any atom is -0.252 e. The molecule has 0 saturated carbocycles. The topological polar surface area (TPSA) is 53.8 Å². The zero-order chi connectivity index (χ0) is 15.5. The summed E-state index contributed by atoms with van der Waals surface area (Å²) in [6.45, 7) is 0. The molecule has 1 aliphatic carbocycles. The molecule has 0 saturated heterocycles. The molecule has 1 aromatic carbocycles. The lowest BCUT2D eigenvalue weighted by Gasteiger charge is -2.16. The van der Waals surface area contributed by atoms with Gasteiger partial charge in [0, 0.05) is 10.7 Å². The van der Waals surface area contributed by atoms with E-state index in [1.54, 1.807) is 12.1 Å². The second kappa shape index (κ2) is 6.60. The van der Waals surface area contributed by atoms with Crippen LogP contribution in [0.15, 0.2) is 35.4 Å². The standard InChI is InChI=1S/C17H15ClN2OS/c18-15-7-5-12(6-8-15)11-22(21)17-14(10-19)9-13-3-1-2-4-16(13)20-17/h5-9H,1-4,11H2. The van der Waals surface area contributed by atoms with Gasteiger partial charge in [0.1, 0.15) is 11.1 Å². The molecular weight excluding hydrogens is 316 g/mol. The molecule has 0 spiro atoms. The van der Waals surface area contributed by atoms with Gasteiger partial charge in [-0.25, -0.2) is 4.98 Å². The van der Waals surface area contributed by atoms with Crippen LogP contribution in [0.4, 0.5) is 0 Å². The lowest BCUT2D eigenvalue weighted by Crippen LogP contribution is -2.11. The van der Waals surface area contributed by atoms with Crippen LogP contribution in [-0.4, -0.2) is 9.19 Å². The SMILES string of the molecule is N#Cc1cc2c(nc1S(=O)Cc1ccc(Cl)cc1)CCCC2. The normalized spacial score (nSPS) is 14.9. The fourth-order valence-corrected chi connectivity index (χ4v) is 3.99. The van der Waals surface area contributed by atoms with Crippen molar-refractivity contribution in [3.05, 3.63) is 57.7 Å². The van der Waals surface area contributed by atoms with Crippen LogP contribution >= 0.6 is 11.6 Å². The summed E-state index contributed by atoms with van der Waals surface area (Å²) in [4.78, 5) is 4.55. The highest BCUT2D eigenvalue weighted by atomic mass is 35.5. The van der Waals surface area contributed by atoms with Crippen LogP contribution in [0.1, 0.15) is 35.2 Å². The molecule has 2 aromatic rings. The number of aromatic nitrogens is 1. The lowest BCUT2D eigenvalue weighted by molar-refractivity contribution is 0.652. The Hall–Kier alpha value is -1.70. The summed E-state index contributed by atoms with van der Waals surface area (Å²) >= 11 is 5.86. The molecule has 0 radical (unpaired) electrons. The first-order chi connectivity index (χ1) is 10.7. The Bertz CT molecular complexity index is 765. The number of aryl methyl sites for hydroxylation is 2. The summed E-state index contributed by atoms with van der Waals surface area (Å²) in [5.41, 5.74) is 3.50. The van der Waals surface area contributed by atoms with Gasteiger partial charge in [-0.2, -0.15) is 5.26 Å². The van der Waals surface area contributed by atoms with Crippen molar-refractivity contribution in [1.29, 1.82) is 5.26 Å². The molecule has 1 unspecified atom stereocenters. The van der Waals surface area contributed by atoms with Crippen molar-refractivity contribution in [3.63, 3.8) is 0 Å². The van der Waals surface area contributed by atoms with Gasteiger partial charge in [0.15, 0.2) is 0 Å². The molecule has 112 valence electrons. The number of benzene rings is 1. The number of fused-ring (bicyclic) bond motifs is 1. The molecule has 3 nitrogen and oxygen atoms in total. The number of nitriles is 1. The fraction of sp³-hybridized carbons (Fsp3) is 0.294. The van der Waals surface area contributed by atoms with E-state index in [1.165, 1.54) is 0 Å². The predicted octanol–water partition coefficient (Wildman–Crippen LogP) is 3.79. The predicted molar refractivity (Wildman–Crippen MR) is 87.2 cm³/mol. The van der Waals surface area contributed by atoms with Gasteiger partial charge in [-0.3, -0.25) is 4.21 Å². The quantitative estimate of drug-likeness (QED) is 0.860. The first kappa shape index (κ1) is 15.2. The highest BCUT2D eigenvalue weighted by molar-refractivity contribution is 7.84. The van der Waals surface area contributed by atoms with Gasteiger partial charge >= 0.3 is 0 Å². The third-order valence-corrected chi connectivity index (χ3v) is 5.40. The fourth-order valence-electron chi connectivity index (χ4n) is 2.67. The van der Waals surface area contributed by atoms with Crippen molar-refractivity contribution in [2.24, 2.45) is 0 Å². The van der Waals surface area contributed by atoms with Crippen molar-refractivity contribution in [1.82, 2.24) is 4.98 Å². The molecule has 0 amide bonds. The molecule has 3 rings (SSSR count). The van der Waals surface area contributed by atoms with Crippen molar-refractivity contribution in [2.75, 3.05) is 0 Å². The highest BCUT2D eigenvalue weighted by Gasteiger charge is 2.18. The smallest absolute Gasteiger partial charge is 0.145 e. The zero-order valence-corrected chi connectivity index (χ0v) is 13.6. The van der Waals surface area contributed by atoms with Crippen molar-refractivity contribution >= 4 is 22.4 Å². The number of halogens is 1. The summed E-state index contributed by atoms with van der Waals surface area (Å²) < 4.78 is 12.6. The van der Waals surface area contributed by atoms with E-state index < -0.39 is 10.8 Å². The van der Waals surface area contributed by atoms with Crippen LogP contribution in [-0.2, 0) is 29.4 Å². The molecule has 1 atom stereocenters. The van der Waals surface area contributed by atoms with E-state index in [4.69, 9.17) is 11.6 Å². The van der Waals surface area contributed by atoms with Crippen LogP contribution in [0.5, 0.6) is 0 Å². The van der Waals surface area contributed by atoms with Gasteiger partial charge in [0.25, 0.3) is 0 Å². The maximum absolute atomic E-state index is 12.6. The Labute approximate surface area is 137 Å². The summed E-state index contributed by atoms with van der Waals surface area (Å²) in [6.07, 6.45) is 4.11. The summed E-state index contributed by atoms with van der Waals surface area (Å²) in [5, 5.41) is 10.4. The Balaban J connectivity index is 1.91. The molecule has 1 aliphatic rings. The average molecular weight is 331 g/mol. The van der Waals surface area contributed by atoms with Gasteiger partial charge < -0.3 is 0 Å². The van der Waals surface area contributed by atoms with Crippen molar-refractivity contribution < 1.29 is 4.21 Å². The van der Waals surface area contributed by atoms with Gasteiger partial charge in [-0.15, -0.1) is 0 Å². The van der Waals surface area contributed by atoms with E-state index in [0.29, 0.717) is 21.4 Å². The number of rotatable bonds is 3. The Morgan fingerprint density at radius 3 is 2.68 bits per heavy atom. The van der Waals surface area contributed by atoms with E-state index in [1.807, 2.05) is 18.2 Å². The molecule has 1 aromatic heterocycles. The molecule has 0 bridgehead atoms. The second-order valence-corrected chi connectivity index (χ2v) is 7.18. The molecular formula is C17H15ClN2OS. The van der Waals surface area contributed by atoms with E-state index in [-0.39, 0.29) is 0 Å². The van der Waals surface area contributed by atoms with Crippen molar-refractivity contribution in [3.8, 4) is 6.07 Å². The average Bonchev–Trinajstić information content (AvgIpc) is 2.55. The first-order valence-electron chi connectivity index (χ1n) is 7.23. The molecule has 5 heteroatoms. The maximum atomic E-state index is 12.6. The van der Waals surface area contributed by atoms with Gasteiger partial charge in [-0.05, 0) is 55.0 Å². The maximum Gasteiger partial charge on any atom is 0.145 e. The van der Waals surface area contributed by atoms with Crippen LogP contribution in [0.25, 0.3) is 0 Å². The third-order valence-electron chi connectivity index (χ3n) is 3.81. The van der Waals surface area contributed by atoms with E-state index in [2.05, 4.69) is 11.1 Å². The summed E-state index contributed by atoms with van der Waals surface area (Å²) in [6, 6.07) is 11.3. The van der Waals surface area contributed by atoms with Crippen LogP contribution in [0, 0.1) is 11.3 Å². The number of hydrogen-bond acceptors (Lipinski definition) is 3. The van der Waals surface area contributed by atoms with E-state index >= 15 is 0 Å². The van der Waals surface area contributed by atoms with Crippen LogP contribution in [0.3, 0.4) is 0 Å². The van der Waals surface area contributed by atoms with Crippen LogP contribution in [0.2, 0.25) is 5.02 Å². The third kappa shape index (κ3) is 3.21. The monoisotopic (exact) mass is 330 g/mol. The summed E-state index contributed by atoms with van der Waals surface area (Å²) in [5.74, 6) is 0.345. The van der Waals surface area contributed by atoms with E-state index in [0.717, 1.165) is 42.5 Å². The van der Waals surface area contributed by atoms with Gasteiger partial charge in [0.05, 0.1) is 22.1 Å². The molecule has 1 heterocycles. The van der Waals surface area contributed by atoms with Gasteiger partial charge in [-0.1, -0.05) is 23.7 Å².